The number of thiophene rings is 1. The third kappa shape index (κ3) is 3.32. The maximum absolute atomic E-state index is 11.2. The zero-order valence-corrected chi connectivity index (χ0v) is 12.1. The Hall–Kier alpha value is -0.350. The Morgan fingerprint density at radius 1 is 1.24 bits per heavy atom. The second kappa shape index (κ2) is 6.01. The molecule has 1 fully saturated rings. The Balaban J connectivity index is 2.21. The van der Waals surface area contributed by atoms with E-state index in [4.69, 9.17) is 0 Å². The smallest absolute Gasteiger partial charge is 0.346 e. The van der Waals surface area contributed by atoms with E-state index in [-0.39, 0.29) is 0 Å². The van der Waals surface area contributed by atoms with Gasteiger partial charge in [-0.3, -0.25) is 0 Å². The first-order valence-corrected chi connectivity index (χ1v) is 7.82. The number of carboxylic acids is 1. The van der Waals surface area contributed by atoms with E-state index >= 15 is 0 Å². The van der Waals surface area contributed by atoms with Gasteiger partial charge in [-0.05, 0) is 46.3 Å². The lowest BCUT2D eigenvalue weighted by molar-refractivity contribution is 0.0700. The van der Waals surface area contributed by atoms with Gasteiger partial charge in [-0.2, -0.15) is 0 Å². The molecule has 1 heterocycles. The molecule has 94 valence electrons. The van der Waals surface area contributed by atoms with Crippen LogP contribution in [0.1, 0.15) is 66.1 Å². The SMILES string of the molecule is O=C(O)c1sc(Br)cc1C1CCCCCCC1. The number of aromatic carboxylic acids is 1. The lowest BCUT2D eigenvalue weighted by Crippen LogP contribution is -2.06. The quantitative estimate of drug-likeness (QED) is 0.830. The predicted molar refractivity (Wildman–Crippen MR) is 74.0 cm³/mol. The van der Waals surface area contributed by atoms with Gasteiger partial charge in [-0.1, -0.05) is 32.1 Å². The second-order valence-corrected chi connectivity index (χ2v) is 7.11. The van der Waals surface area contributed by atoms with Gasteiger partial charge in [0.15, 0.2) is 0 Å². The minimum atomic E-state index is -0.780. The minimum Gasteiger partial charge on any atom is -0.477 e. The van der Waals surface area contributed by atoms with E-state index in [0.717, 1.165) is 22.2 Å². The van der Waals surface area contributed by atoms with Gasteiger partial charge in [0.1, 0.15) is 4.88 Å². The van der Waals surface area contributed by atoms with Gasteiger partial charge in [-0.25, -0.2) is 4.79 Å². The normalized spacial score (nSPS) is 18.6. The number of carbonyl (C=O) groups is 1. The van der Waals surface area contributed by atoms with Crippen LogP contribution in [0.3, 0.4) is 0 Å². The summed E-state index contributed by atoms with van der Waals surface area (Å²) in [4.78, 5) is 11.8. The van der Waals surface area contributed by atoms with Crippen molar-refractivity contribution < 1.29 is 9.90 Å². The predicted octanol–water partition coefficient (Wildman–Crippen LogP) is 5.04. The van der Waals surface area contributed by atoms with Crippen molar-refractivity contribution in [1.29, 1.82) is 0 Å². The maximum Gasteiger partial charge on any atom is 0.346 e. The van der Waals surface area contributed by atoms with Gasteiger partial charge in [0, 0.05) is 0 Å². The Bertz CT molecular complexity index is 392. The highest BCUT2D eigenvalue weighted by molar-refractivity contribution is 9.11. The van der Waals surface area contributed by atoms with Crippen LogP contribution in [0.5, 0.6) is 0 Å². The fourth-order valence-corrected chi connectivity index (χ4v) is 4.16. The monoisotopic (exact) mass is 316 g/mol. The third-order valence-corrected chi connectivity index (χ3v) is 5.11. The van der Waals surface area contributed by atoms with E-state index in [2.05, 4.69) is 15.9 Å². The number of rotatable bonds is 2. The van der Waals surface area contributed by atoms with Crippen molar-refractivity contribution in [1.82, 2.24) is 0 Å². The highest BCUT2D eigenvalue weighted by atomic mass is 79.9. The standard InChI is InChI=1S/C13H17BrO2S/c14-11-8-10(12(17-11)13(15)16)9-6-4-2-1-3-5-7-9/h8-9H,1-7H2,(H,15,16). The molecule has 0 spiro atoms. The van der Waals surface area contributed by atoms with E-state index in [1.54, 1.807) is 0 Å². The van der Waals surface area contributed by atoms with Crippen molar-refractivity contribution in [3.8, 4) is 0 Å². The van der Waals surface area contributed by atoms with Crippen molar-refractivity contribution in [2.75, 3.05) is 0 Å². The highest BCUT2D eigenvalue weighted by Gasteiger charge is 2.22. The summed E-state index contributed by atoms with van der Waals surface area (Å²) in [5.41, 5.74) is 1.05. The number of halogens is 1. The largest absolute Gasteiger partial charge is 0.477 e. The van der Waals surface area contributed by atoms with Crippen LogP contribution < -0.4 is 0 Å². The van der Waals surface area contributed by atoms with E-state index < -0.39 is 5.97 Å². The molecule has 1 aromatic rings. The molecule has 0 bridgehead atoms. The van der Waals surface area contributed by atoms with E-state index in [0.29, 0.717) is 10.8 Å². The molecule has 2 nitrogen and oxygen atoms in total. The number of carboxylic acid groups (broad SMARTS) is 1. The molecule has 0 saturated heterocycles. The molecule has 1 N–H and O–H groups in total. The van der Waals surface area contributed by atoms with Gasteiger partial charge in [0.2, 0.25) is 0 Å². The summed E-state index contributed by atoms with van der Waals surface area (Å²) < 4.78 is 0.937. The molecule has 1 aliphatic carbocycles. The minimum absolute atomic E-state index is 0.448. The van der Waals surface area contributed by atoms with Crippen molar-refractivity contribution >= 4 is 33.2 Å². The first-order chi connectivity index (χ1) is 8.18. The molecule has 1 saturated carbocycles. The molecule has 0 aliphatic heterocycles. The summed E-state index contributed by atoms with van der Waals surface area (Å²) >= 11 is 4.75. The van der Waals surface area contributed by atoms with Crippen LogP contribution in [0.2, 0.25) is 0 Å². The molecule has 0 unspecified atom stereocenters. The maximum atomic E-state index is 11.2. The van der Waals surface area contributed by atoms with Gasteiger partial charge in [0.05, 0.1) is 3.79 Å². The molecule has 0 atom stereocenters. The van der Waals surface area contributed by atoms with Crippen LogP contribution in [0.15, 0.2) is 9.85 Å². The molecule has 0 radical (unpaired) electrons. The zero-order valence-electron chi connectivity index (χ0n) is 9.75. The molecule has 2 rings (SSSR count). The highest BCUT2D eigenvalue weighted by Crippen LogP contribution is 2.38. The van der Waals surface area contributed by atoms with Crippen molar-refractivity contribution in [2.24, 2.45) is 0 Å². The summed E-state index contributed by atoms with van der Waals surface area (Å²) in [5, 5.41) is 9.23. The average molecular weight is 317 g/mol. The Morgan fingerprint density at radius 2 is 1.82 bits per heavy atom. The van der Waals surface area contributed by atoms with E-state index in [1.807, 2.05) is 6.07 Å². The lowest BCUT2D eigenvalue weighted by atomic mass is 9.86. The lowest BCUT2D eigenvalue weighted by Gasteiger charge is -2.19. The van der Waals surface area contributed by atoms with Gasteiger partial charge < -0.3 is 5.11 Å². The van der Waals surface area contributed by atoms with Gasteiger partial charge in [-0.15, -0.1) is 11.3 Å². The summed E-state index contributed by atoms with van der Waals surface area (Å²) in [5.74, 6) is -0.332. The fraction of sp³-hybridized carbons (Fsp3) is 0.615. The summed E-state index contributed by atoms with van der Waals surface area (Å²) in [6.45, 7) is 0. The van der Waals surface area contributed by atoms with Crippen LogP contribution in [0.25, 0.3) is 0 Å². The van der Waals surface area contributed by atoms with Crippen LogP contribution >= 0.6 is 27.3 Å². The Labute approximate surface area is 114 Å². The number of hydrogen-bond acceptors (Lipinski definition) is 2. The van der Waals surface area contributed by atoms with Crippen LogP contribution in [0, 0.1) is 0 Å². The Morgan fingerprint density at radius 3 is 2.41 bits per heavy atom. The molecule has 0 aromatic carbocycles. The van der Waals surface area contributed by atoms with Gasteiger partial charge >= 0.3 is 5.97 Å². The molecule has 1 aliphatic rings. The molecule has 0 amide bonds. The summed E-state index contributed by atoms with van der Waals surface area (Å²) in [6.07, 6.45) is 8.68. The van der Waals surface area contributed by atoms with Crippen molar-refractivity contribution in [3.05, 3.63) is 20.3 Å². The third-order valence-electron chi connectivity index (χ3n) is 3.47. The Kier molecular flexibility index (Phi) is 4.62. The fourth-order valence-electron chi connectivity index (χ4n) is 2.61. The second-order valence-electron chi connectivity index (χ2n) is 4.68. The van der Waals surface area contributed by atoms with Crippen molar-refractivity contribution in [3.63, 3.8) is 0 Å². The first kappa shape index (κ1) is 13.1. The molecular formula is C13H17BrO2S. The van der Waals surface area contributed by atoms with Crippen LogP contribution in [-0.4, -0.2) is 11.1 Å². The summed E-state index contributed by atoms with van der Waals surface area (Å²) in [7, 11) is 0. The van der Waals surface area contributed by atoms with E-state index in [1.165, 1.54) is 43.4 Å². The van der Waals surface area contributed by atoms with Gasteiger partial charge in [0.25, 0.3) is 0 Å². The van der Waals surface area contributed by atoms with E-state index in [9.17, 15) is 9.90 Å². The summed E-state index contributed by atoms with van der Waals surface area (Å²) in [6, 6.07) is 2.01. The first-order valence-electron chi connectivity index (χ1n) is 6.21. The van der Waals surface area contributed by atoms with Crippen LogP contribution in [-0.2, 0) is 0 Å². The molecule has 1 aromatic heterocycles. The molecular weight excluding hydrogens is 300 g/mol. The molecule has 4 heteroatoms. The van der Waals surface area contributed by atoms with Crippen molar-refractivity contribution in [2.45, 2.75) is 50.9 Å². The van der Waals surface area contributed by atoms with Crippen LogP contribution in [0.4, 0.5) is 0 Å². The topological polar surface area (TPSA) is 37.3 Å². The zero-order chi connectivity index (χ0) is 12.3. The average Bonchev–Trinajstić information content (AvgIpc) is 2.60. The molecule has 17 heavy (non-hydrogen) atoms. The number of hydrogen-bond donors (Lipinski definition) is 1.